The van der Waals surface area contributed by atoms with Crippen molar-refractivity contribution in [2.75, 3.05) is 7.05 Å². The fraction of sp³-hybridized carbons (Fsp3) is 0.375. The van der Waals surface area contributed by atoms with E-state index in [1.807, 2.05) is 42.5 Å². The Kier molecular flexibility index (Phi) is 2.89. The van der Waals surface area contributed by atoms with Crippen LogP contribution in [0.2, 0.25) is 0 Å². The molecule has 1 N–H and O–H groups in total. The summed E-state index contributed by atoms with van der Waals surface area (Å²) < 4.78 is 0. The SMILES string of the molecule is CN1C(=O)C2CC=CCC2(C(=O)O)C1c1ccccc1. The van der Waals surface area contributed by atoms with Crippen LogP contribution in [0.3, 0.4) is 0 Å². The monoisotopic (exact) mass is 271 g/mol. The van der Waals surface area contributed by atoms with E-state index >= 15 is 0 Å². The molecule has 1 aromatic rings. The van der Waals surface area contributed by atoms with Crippen LogP contribution in [0.5, 0.6) is 0 Å². The van der Waals surface area contributed by atoms with Crippen LogP contribution in [0.25, 0.3) is 0 Å². The summed E-state index contributed by atoms with van der Waals surface area (Å²) in [5.74, 6) is -1.40. The topological polar surface area (TPSA) is 57.6 Å². The third-order valence-corrected chi connectivity index (χ3v) is 4.65. The van der Waals surface area contributed by atoms with E-state index in [-0.39, 0.29) is 5.91 Å². The van der Waals surface area contributed by atoms with Crippen LogP contribution < -0.4 is 0 Å². The number of allylic oxidation sites excluding steroid dienone is 2. The summed E-state index contributed by atoms with van der Waals surface area (Å²) in [5.41, 5.74) is -0.148. The van der Waals surface area contributed by atoms with Crippen LogP contribution >= 0.6 is 0 Å². The summed E-state index contributed by atoms with van der Waals surface area (Å²) >= 11 is 0. The van der Waals surface area contributed by atoms with Crippen LogP contribution in [0.15, 0.2) is 42.5 Å². The number of carboxylic acids is 1. The van der Waals surface area contributed by atoms with Crippen LogP contribution in [0.1, 0.15) is 24.4 Å². The lowest BCUT2D eigenvalue weighted by atomic mass is 9.65. The van der Waals surface area contributed by atoms with Gasteiger partial charge in [0.05, 0.1) is 12.0 Å². The minimum absolute atomic E-state index is 0.0643. The number of hydrogen-bond donors (Lipinski definition) is 1. The van der Waals surface area contributed by atoms with E-state index in [9.17, 15) is 14.7 Å². The number of hydrogen-bond acceptors (Lipinski definition) is 2. The summed E-state index contributed by atoms with van der Waals surface area (Å²) in [5, 5.41) is 9.85. The molecule has 1 aliphatic heterocycles. The molecular weight excluding hydrogens is 254 g/mol. The highest BCUT2D eigenvalue weighted by Gasteiger charge is 2.62. The predicted octanol–water partition coefficient (Wildman–Crippen LogP) is 2.24. The molecule has 2 aliphatic rings. The van der Waals surface area contributed by atoms with Crippen molar-refractivity contribution in [1.29, 1.82) is 0 Å². The van der Waals surface area contributed by atoms with Gasteiger partial charge in [0.2, 0.25) is 5.91 Å². The first-order valence-electron chi connectivity index (χ1n) is 6.79. The molecule has 0 radical (unpaired) electrons. The second kappa shape index (κ2) is 4.47. The Morgan fingerprint density at radius 3 is 2.65 bits per heavy atom. The average molecular weight is 271 g/mol. The molecule has 104 valence electrons. The highest BCUT2D eigenvalue weighted by molar-refractivity contribution is 5.93. The second-order valence-electron chi connectivity index (χ2n) is 5.57. The van der Waals surface area contributed by atoms with Gasteiger partial charge in [-0.2, -0.15) is 0 Å². The first kappa shape index (κ1) is 12.9. The number of amides is 1. The van der Waals surface area contributed by atoms with E-state index < -0.39 is 23.3 Å². The Morgan fingerprint density at radius 1 is 1.30 bits per heavy atom. The number of carboxylic acid groups (broad SMARTS) is 1. The normalized spacial score (nSPS) is 32.2. The molecule has 0 spiro atoms. The van der Waals surface area contributed by atoms with Crippen LogP contribution in [-0.2, 0) is 9.59 Å². The van der Waals surface area contributed by atoms with Crippen molar-refractivity contribution in [3.63, 3.8) is 0 Å². The maximum atomic E-state index is 12.5. The van der Waals surface area contributed by atoms with Crippen LogP contribution in [-0.4, -0.2) is 28.9 Å². The molecule has 1 saturated heterocycles. The van der Waals surface area contributed by atoms with Crippen LogP contribution in [0, 0.1) is 11.3 Å². The Bertz CT molecular complexity index is 581. The van der Waals surface area contributed by atoms with E-state index in [0.29, 0.717) is 12.8 Å². The van der Waals surface area contributed by atoms with Gasteiger partial charge in [-0.3, -0.25) is 9.59 Å². The highest BCUT2D eigenvalue weighted by Crippen LogP contribution is 2.56. The minimum Gasteiger partial charge on any atom is -0.481 e. The lowest BCUT2D eigenvalue weighted by Crippen LogP contribution is -2.42. The van der Waals surface area contributed by atoms with Crippen molar-refractivity contribution in [2.24, 2.45) is 11.3 Å². The first-order chi connectivity index (χ1) is 9.59. The van der Waals surface area contributed by atoms with Gasteiger partial charge in [0, 0.05) is 7.05 Å². The van der Waals surface area contributed by atoms with E-state index in [0.717, 1.165) is 5.56 Å². The number of carbonyl (C=O) groups is 2. The van der Waals surface area contributed by atoms with Gasteiger partial charge >= 0.3 is 5.97 Å². The van der Waals surface area contributed by atoms with E-state index in [1.54, 1.807) is 11.9 Å². The van der Waals surface area contributed by atoms with Crippen molar-refractivity contribution in [3.8, 4) is 0 Å². The van der Waals surface area contributed by atoms with Crippen molar-refractivity contribution in [3.05, 3.63) is 48.0 Å². The smallest absolute Gasteiger partial charge is 0.313 e. The Hall–Kier alpha value is -2.10. The fourth-order valence-corrected chi connectivity index (χ4v) is 3.71. The minimum atomic E-state index is -1.04. The van der Waals surface area contributed by atoms with Gasteiger partial charge in [0.1, 0.15) is 5.41 Å². The maximum Gasteiger partial charge on any atom is 0.313 e. The van der Waals surface area contributed by atoms with Crippen molar-refractivity contribution < 1.29 is 14.7 Å². The Morgan fingerprint density at radius 2 is 2.00 bits per heavy atom. The summed E-state index contributed by atoms with van der Waals surface area (Å²) in [6.07, 6.45) is 4.74. The van der Waals surface area contributed by atoms with Crippen LogP contribution in [0.4, 0.5) is 0 Å². The van der Waals surface area contributed by atoms with Gasteiger partial charge in [-0.15, -0.1) is 0 Å². The standard InChI is InChI=1S/C16H17NO3/c1-17-13(11-7-3-2-4-8-11)16(15(19)20)10-6-5-9-12(16)14(17)18/h2-8,12-13H,9-10H2,1H3,(H,19,20). The van der Waals surface area contributed by atoms with Crippen molar-refractivity contribution >= 4 is 11.9 Å². The van der Waals surface area contributed by atoms with Gasteiger partial charge in [-0.25, -0.2) is 0 Å². The molecule has 0 aromatic heterocycles. The summed E-state index contributed by atoms with van der Waals surface area (Å²) in [4.78, 5) is 26.1. The highest BCUT2D eigenvalue weighted by atomic mass is 16.4. The zero-order valence-corrected chi connectivity index (χ0v) is 11.3. The summed E-state index contributed by atoms with van der Waals surface area (Å²) in [6, 6.07) is 9.07. The predicted molar refractivity (Wildman–Crippen MR) is 73.9 cm³/mol. The second-order valence-corrected chi connectivity index (χ2v) is 5.57. The lowest BCUT2D eigenvalue weighted by molar-refractivity contribution is -0.154. The molecule has 1 amide bonds. The Balaban J connectivity index is 2.18. The molecule has 0 bridgehead atoms. The molecule has 1 aliphatic carbocycles. The molecule has 3 unspecified atom stereocenters. The molecule has 4 nitrogen and oxygen atoms in total. The third-order valence-electron chi connectivity index (χ3n) is 4.65. The lowest BCUT2D eigenvalue weighted by Gasteiger charge is -2.36. The Labute approximate surface area is 117 Å². The number of rotatable bonds is 2. The zero-order valence-electron chi connectivity index (χ0n) is 11.3. The van der Waals surface area contributed by atoms with E-state index in [4.69, 9.17) is 0 Å². The molecule has 4 heteroatoms. The van der Waals surface area contributed by atoms with Gasteiger partial charge in [0.25, 0.3) is 0 Å². The van der Waals surface area contributed by atoms with E-state index in [2.05, 4.69) is 0 Å². The molecule has 20 heavy (non-hydrogen) atoms. The van der Waals surface area contributed by atoms with Gasteiger partial charge in [-0.05, 0) is 18.4 Å². The number of aliphatic carboxylic acids is 1. The van der Waals surface area contributed by atoms with Gasteiger partial charge in [-0.1, -0.05) is 42.5 Å². The van der Waals surface area contributed by atoms with E-state index in [1.165, 1.54) is 0 Å². The largest absolute Gasteiger partial charge is 0.481 e. The first-order valence-corrected chi connectivity index (χ1v) is 6.79. The number of nitrogens with zero attached hydrogens (tertiary/aromatic N) is 1. The number of fused-ring (bicyclic) bond motifs is 1. The average Bonchev–Trinajstić information content (AvgIpc) is 2.70. The molecular formula is C16H17NO3. The summed E-state index contributed by atoms with van der Waals surface area (Å²) in [7, 11) is 1.71. The zero-order chi connectivity index (χ0) is 14.3. The van der Waals surface area contributed by atoms with Crippen molar-refractivity contribution in [2.45, 2.75) is 18.9 Å². The molecule has 1 fully saturated rings. The fourth-order valence-electron chi connectivity index (χ4n) is 3.71. The third kappa shape index (κ3) is 1.54. The summed E-state index contributed by atoms with van der Waals surface area (Å²) in [6.45, 7) is 0. The molecule has 1 heterocycles. The number of carbonyl (C=O) groups excluding carboxylic acids is 1. The molecule has 1 aromatic carbocycles. The van der Waals surface area contributed by atoms with Gasteiger partial charge < -0.3 is 10.0 Å². The number of likely N-dealkylation sites (tertiary alicyclic amines) is 1. The van der Waals surface area contributed by atoms with Gasteiger partial charge in [0.15, 0.2) is 0 Å². The molecule has 3 atom stereocenters. The molecule has 3 rings (SSSR count). The van der Waals surface area contributed by atoms with Crippen molar-refractivity contribution in [1.82, 2.24) is 4.90 Å². The number of benzene rings is 1. The quantitative estimate of drug-likeness (QED) is 0.839. The maximum absolute atomic E-state index is 12.5. The molecule has 0 saturated carbocycles.